The van der Waals surface area contributed by atoms with Crippen molar-refractivity contribution in [1.29, 1.82) is 0 Å². The molecule has 0 radical (unpaired) electrons. The first kappa shape index (κ1) is 27.3. The molecule has 0 saturated carbocycles. The molecular weight excluding hydrogens is 564 g/mol. The fourth-order valence-corrected chi connectivity index (χ4v) is 5.25. The van der Waals surface area contributed by atoms with Gasteiger partial charge in [-0.2, -0.15) is 13.5 Å². The van der Waals surface area contributed by atoms with Crippen LogP contribution in [0.15, 0.2) is 112 Å². The van der Waals surface area contributed by atoms with Gasteiger partial charge in [-0.3, -0.25) is 4.79 Å². The predicted molar refractivity (Wildman–Crippen MR) is 153 cm³/mol. The molecule has 1 atom stereocenters. The first-order chi connectivity index (χ1) is 18.2. The summed E-state index contributed by atoms with van der Waals surface area (Å²) in [6.45, 7) is 3.89. The molecule has 0 saturated heterocycles. The lowest BCUT2D eigenvalue weighted by Gasteiger charge is -2.17. The number of hydrogen-bond donors (Lipinski definition) is 1. The van der Waals surface area contributed by atoms with Crippen LogP contribution >= 0.6 is 15.9 Å². The molecule has 0 aliphatic rings. The SMILES string of the molecule is Cc1ccc(S(=O)(=O)Oc2ccc(Br)cc2/C=N\NC(=O)[C@H](Cc2ccccc2C)c2ccccc2)cc1. The lowest BCUT2D eigenvalue weighted by atomic mass is 9.90. The second kappa shape index (κ2) is 12.2. The van der Waals surface area contributed by atoms with E-state index in [9.17, 15) is 13.2 Å². The van der Waals surface area contributed by atoms with Crippen molar-refractivity contribution in [1.82, 2.24) is 5.43 Å². The molecule has 6 nitrogen and oxygen atoms in total. The van der Waals surface area contributed by atoms with Crippen LogP contribution in [0.4, 0.5) is 0 Å². The van der Waals surface area contributed by atoms with Crippen molar-refractivity contribution >= 4 is 38.2 Å². The van der Waals surface area contributed by atoms with Gasteiger partial charge in [-0.15, -0.1) is 0 Å². The number of carbonyl (C=O) groups excluding carboxylic acids is 1. The molecule has 0 heterocycles. The molecule has 0 aromatic heterocycles. The van der Waals surface area contributed by atoms with Gasteiger partial charge in [0, 0.05) is 10.0 Å². The molecule has 0 aliphatic heterocycles. The molecule has 38 heavy (non-hydrogen) atoms. The van der Waals surface area contributed by atoms with Crippen molar-refractivity contribution in [3.05, 3.63) is 129 Å². The summed E-state index contributed by atoms with van der Waals surface area (Å²) < 4.78 is 31.8. The highest BCUT2D eigenvalue weighted by atomic mass is 79.9. The van der Waals surface area contributed by atoms with Gasteiger partial charge in [-0.25, -0.2) is 5.43 Å². The molecule has 194 valence electrons. The highest BCUT2D eigenvalue weighted by Crippen LogP contribution is 2.26. The number of aryl methyl sites for hydroxylation is 2. The van der Waals surface area contributed by atoms with E-state index in [0.29, 0.717) is 16.5 Å². The van der Waals surface area contributed by atoms with Crippen LogP contribution in [0.3, 0.4) is 0 Å². The van der Waals surface area contributed by atoms with Gasteiger partial charge < -0.3 is 4.18 Å². The van der Waals surface area contributed by atoms with E-state index in [0.717, 1.165) is 22.3 Å². The summed E-state index contributed by atoms with van der Waals surface area (Å²) in [4.78, 5) is 13.3. The Kier molecular flexibility index (Phi) is 8.76. The monoisotopic (exact) mass is 590 g/mol. The summed E-state index contributed by atoms with van der Waals surface area (Å²) in [5.41, 5.74) is 7.00. The number of nitrogens with zero attached hydrogens (tertiary/aromatic N) is 1. The Balaban J connectivity index is 1.55. The molecular formula is C30H27BrN2O4S. The molecule has 4 aromatic rings. The third kappa shape index (κ3) is 6.96. The van der Waals surface area contributed by atoms with E-state index in [4.69, 9.17) is 4.18 Å². The number of halogens is 1. The first-order valence-corrected chi connectivity index (χ1v) is 14.2. The Morgan fingerprint density at radius 1 is 0.947 bits per heavy atom. The van der Waals surface area contributed by atoms with Gasteiger partial charge in [0.05, 0.1) is 12.1 Å². The maximum Gasteiger partial charge on any atom is 0.339 e. The maximum atomic E-state index is 13.3. The van der Waals surface area contributed by atoms with Gasteiger partial charge in [0.15, 0.2) is 5.75 Å². The lowest BCUT2D eigenvalue weighted by Crippen LogP contribution is -2.27. The van der Waals surface area contributed by atoms with Crippen LogP contribution in [0.25, 0.3) is 0 Å². The molecule has 0 spiro atoms. The number of nitrogens with one attached hydrogen (secondary N) is 1. The van der Waals surface area contributed by atoms with Crippen LogP contribution in [0.2, 0.25) is 0 Å². The zero-order valence-corrected chi connectivity index (χ0v) is 23.4. The highest BCUT2D eigenvalue weighted by molar-refractivity contribution is 9.10. The van der Waals surface area contributed by atoms with E-state index in [1.54, 1.807) is 24.3 Å². The van der Waals surface area contributed by atoms with E-state index >= 15 is 0 Å². The second-order valence-corrected chi connectivity index (χ2v) is 11.3. The molecule has 0 unspecified atom stereocenters. The number of amides is 1. The summed E-state index contributed by atoms with van der Waals surface area (Å²) >= 11 is 3.39. The van der Waals surface area contributed by atoms with Crippen molar-refractivity contribution < 1.29 is 17.4 Å². The third-order valence-corrected chi connectivity index (χ3v) is 7.80. The van der Waals surface area contributed by atoms with Crippen molar-refractivity contribution in [3.8, 4) is 5.75 Å². The summed E-state index contributed by atoms with van der Waals surface area (Å²) in [6, 6.07) is 28.8. The summed E-state index contributed by atoms with van der Waals surface area (Å²) in [7, 11) is -4.06. The molecule has 1 amide bonds. The Hall–Kier alpha value is -3.75. The topological polar surface area (TPSA) is 84.8 Å². The average molecular weight is 592 g/mol. The average Bonchev–Trinajstić information content (AvgIpc) is 2.90. The van der Waals surface area contributed by atoms with Crippen LogP contribution in [-0.2, 0) is 21.3 Å². The Labute approximate surface area is 231 Å². The normalized spacial score (nSPS) is 12.3. The van der Waals surface area contributed by atoms with Crippen molar-refractivity contribution in [2.45, 2.75) is 31.1 Å². The zero-order valence-electron chi connectivity index (χ0n) is 21.0. The van der Waals surface area contributed by atoms with Gasteiger partial charge in [0.25, 0.3) is 0 Å². The largest absolute Gasteiger partial charge is 0.378 e. The maximum absolute atomic E-state index is 13.3. The molecule has 4 rings (SSSR count). The van der Waals surface area contributed by atoms with Crippen LogP contribution in [0, 0.1) is 13.8 Å². The minimum absolute atomic E-state index is 0.0455. The predicted octanol–water partition coefficient (Wildman–Crippen LogP) is 6.31. The van der Waals surface area contributed by atoms with Gasteiger partial charge in [0.1, 0.15) is 4.90 Å². The van der Waals surface area contributed by atoms with Gasteiger partial charge in [-0.1, -0.05) is 88.2 Å². The van der Waals surface area contributed by atoms with E-state index in [2.05, 4.69) is 26.5 Å². The van der Waals surface area contributed by atoms with Gasteiger partial charge >= 0.3 is 10.1 Å². The summed E-state index contributed by atoms with van der Waals surface area (Å²) in [5.74, 6) is -0.652. The van der Waals surface area contributed by atoms with Gasteiger partial charge in [-0.05, 0) is 67.3 Å². The minimum Gasteiger partial charge on any atom is -0.378 e. The lowest BCUT2D eigenvalue weighted by molar-refractivity contribution is -0.122. The van der Waals surface area contributed by atoms with Crippen LogP contribution < -0.4 is 9.61 Å². The second-order valence-electron chi connectivity index (χ2n) is 8.86. The number of carbonyl (C=O) groups is 1. The fourth-order valence-electron chi connectivity index (χ4n) is 3.92. The van der Waals surface area contributed by atoms with Crippen LogP contribution in [0.5, 0.6) is 5.75 Å². The molecule has 1 N–H and O–H groups in total. The fraction of sp³-hybridized carbons (Fsp3) is 0.133. The third-order valence-electron chi connectivity index (χ3n) is 6.06. The number of hydrazone groups is 1. The van der Waals surface area contributed by atoms with E-state index in [1.807, 2.05) is 68.4 Å². The van der Waals surface area contributed by atoms with Crippen LogP contribution in [0.1, 0.15) is 33.7 Å². The first-order valence-electron chi connectivity index (χ1n) is 12.0. The number of rotatable bonds is 9. The molecule has 8 heteroatoms. The van der Waals surface area contributed by atoms with Crippen molar-refractivity contribution in [2.75, 3.05) is 0 Å². The molecule has 0 bridgehead atoms. The summed E-state index contributed by atoms with van der Waals surface area (Å²) in [5, 5.41) is 4.15. The Morgan fingerprint density at radius 3 is 2.34 bits per heavy atom. The van der Waals surface area contributed by atoms with Crippen LogP contribution in [-0.4, -0.2) is 20.5 Å². The molecule has 4 aromatic carbocycles. The number of hydrogen-bond acceptors (Lipinski definition) is 5. The standard InChI is InChI=1S/C30H27BrN2O4S/c1-21-12-15-27(16-13-21)38(35,36)37-29-17-14-26(31)18-25(29)20-32-33-30(34)28(23-9-4-3-5-10-23)19-24-11-7-6-8-22(24)2/h3-18,20,28H,19H2,1-2H3,(H,33,34)/b32-20-/t28-/m1/s1. The Morgan fingerprint density at radius 2 is 1.63 bits per heavy atom. The quantitative estimate of drug-likeness (QED) is 0.141. The zero-order chi connectivity index (χ0) is 27.1. The molecule has 0 fully saturated rings. The summed E-state index contributed by atoms with van der Waals surface area (Å²) in [6.07, 6.45) is 1.89. The van der Waals surface area contributed by atoms with E-state index < -0.39 is 16.0 Å². The Bertz CT molecular complexity index is 1550. The minimum atomic E-state index is -4.06. The van der Waals surface area contributed by atoms with E-state index in [1.165, 1.54) is 24.4 Å². The van der Waals surface area contributed by atoms with Crippen molar-refractivity contribution in [3.63, 3.8) is 0 Å². The smallest absolute Gasteiger partial charge is 0.339 e. The van der Waals surface area contributed by atoms with E-state index in [-0.39, 0.29) is 16.6 Å². The van der Waals surface area contributed by atoms with Gasteiger partial charge in [0.2, 0.25) is 5.91 Å². The highest BCUT2D eigenvalue weighted by Gasteiger charge is 2.22. The van der Waals surface area contributed by atoms with Crippen molar-refractivity contribution in [2.24, 2.45) is 5.10 Å². The number of benzene rings is 4. The molecule has 0 aliphatic carbocycles.